The summed E-state index contributed by atoms with van der Waals surface area (Å²) in [5.74, 6) is -3.11. The van der Waals surface area contributed by atoms with Gasteiger partial charge in [-0.1, -0.05) is 30.9 Å². The zero-order valence-electron chi connectivity index (χ0n) is 28.3. The Morgan fingerprint density at radius 1 is 1.00 bits per heavy atom. The van der Waals surface area contributed by atoms with E-state index in [9.17, 15) is 49.5 Å². The summed E-state index contributed by atoms with van der Waals surface area (Å²) in [7, 11) is 1.52. The van der Waals surface area contributed by atoms with Gasteiger partial charge < -0.3 is 61.0 Å². The lowest BCUT2D eigenvalue weighted by Gasteiger charge is -2.46. The maximum Gasteiger partial charge on any atom is 0.364 e. The van der Waals surface area contributed by atoms with Crippen LogP contribution in [0.3, 0.4) is 0 Å². The van der Waals surface area contributed by atoms with Crippen molar-refractivity contribution in [3.8, 4) is 12.3 Å². The number of amides is 2. The molecule has 280 valence electrons. The molecule has 0 aliphatic carbocycles. The van der Waals surface area contributed by atoms with Crippen LogP contribution >= 0.6 is 0 Å². The summed E-state index contributed by atoms with van der Waals surface area (Å²) in [6, 6.07) is 5.17. The van der Waals surface area contributed by atoms with E-state index in [2.05, 4.69) is 27.2 Å². The Bertz CT molecular complexity index is 1570. The third-order valence-corrected chi connectivity index (χ3v) is 8.32. The van der Waals surface area contributed by atoms with Crippen LogP contribution in [0, 0.1) is 12.3 Å². The average molecular weight is 719 g/mol. The molecule has 0 spiro atoms. The second-order valence-corrected chi connectivity index (χ2v) is 12.1. The molecule has 17 nitrogen and oxygen atoms in total. The average Bonchev–Trinajstić information content (AvgIpc) is 3.12. The van der Waals surface area contributed by atoms with E-state index in [-0.39, 0.29) is 24.4 Å². The van der Waals surface area contributed by atoms with Crippen LogP contribution in [0.4, 0.5) is 11.4 Å². The van der Waals surface area contributed by atoms with Crippen molar-refractivity contribution in [2.75, 3.05) is 57.2 Å². The van der Waals surface area contributed by atoms with Crippen molar-refractivity contribution in [3.05, 3.63) is 55.8 Å². The van der Waals surface area contributed by atoms with E-state index in [0.29, 0.717) is 56.5 Å². The monoisotopic (exact) mass is 718 g/mol. The van der Waals surface area contributed by atoms with Gasteiger partial charge in [-0.3, -0.25) is 19.2 Å². The number of aliphatic hydroxyl groups is 4. The second kappa shape index (κ2) is 19.8. The molecule has 1 aliphatic heterocycles. The third kappa shape index (κ3) is 11.3. The van der Waals surface area contributed by atoms with Crippen molar-refractivity contribution in [2.45, 2.75) is 74.8 Å². The molecular weight excluding hydrogens is 672 g/mol. The molecule has 0 saturated carbocycles. The van der Waals surface area contributed by atoms with E-state index in [4.69, 9.17) is 20.6 Å². The lowest BCUT2D eigenvalue weighted by Crippen LogP contribution is -2.68. The summed E-state index contributed by atoms with van der Waals surface area (Å²) in [5.41, 5.74) is 0.516. The van der Waals surface area contributed by atoms with Crippen LogP contribution in [0.5, 0.6) is 0 Å². The normalized spacial score (nSPS) is 21.3. The Morgan fingerprint density at radius 3 is 2.25 bits per heavy atom. The predicted molar refractivity (Wildman–Crippen MR) is 183 cm³/mol. The SMILES string of the molecule is C#Cc1ccc(CC(=O)NC[C@@H](O)[C@@H](O)[C@@H]2O[C@@](OCCCCCCNc3c(NCCOC)c(=O)c3=O)(C(=O)O)C[C@H](O)[C@H]2NC(=O)CO)cc1. The van der Waals surface area contributed by atoms with Crippen molar-refractivity contribution in [3.63, 3.8) is 0 Å². The first kappa shape index (κ1) is 41.0. The van der Waals surface area contributed by atoms with Gasteiger partial charge in [0.1, 0.15) is 30.2 Å². The number of anilines is 2. The molecular formula is C34H46N4O13. The van der Waals surface area contributed by atoms with Gasteiger partial charge in [-0.15, -0.1) is 6.42 Å². The number of carbonyl (C=O) groups is 3. The first-order chi connectivity index (χ1) is 24.4. The number of aliphatic hydroxyl groups excluding tert-OH is 4. The molecule has 51 heavy (non-hydrogen) atoms. The summed E-state index contributed by atoms with van der Waals surface area (Å²) in [4.78, 5) is 60.6. The number of nitrogens with one attached hydrogen (secondary N) is 4. The molecule has 3 rings (SSSR count). The van der Waals surface area contributed by atoms with E-state index < -0.39 is 84.5 Å². The number of ether oxygens (including phenoxy) is 3. The van der Waals surface area contributed by atoms with Crippen LogP contribution in [-0.2, 0) is 35.0 Å². The molecule has 6 atom stereocenters. The predicted octanol–water partition coefficient (Wildman–Crippen LogP) is -2.20. The number of carboxylic acids is 1. The van der Waals surface area contributed by atoms with Crippen LogP contribution in [0.15, 0.2) is 33.9 Å². The Balaban J connectivity index is 1.55. The fourth-order valence-electron chi connectivity index (χ4n) is 5.51. The minimum absolute atomic E-state index is 0.0690. The molecule has 0 bridgehead atoms. The van der Waals surface area contributed by atoms with Gasteiger partial charge in [0.25, 0.3) is 16.6 Å². The highest BCUT2D eigenvalue weighted by molar-refractivity contribution is 5.79. The van der Waals surface area contributed by atoms with Gasteiger partial charge in [0.05, 0.1) is 37.9 Å². The van der Waals surface area contributed by atoms with Crippen molar-refractivity contribution in [1.29, 1.82) is 0 Å². The quantitative estimate of drug-likeness (QED) is 0.0356. The molecule has 0 unspecified atom stereocenters. The van der Waals surface area contributed by atoms with Gasteiger partial charge in [-0.05, 0) is 30.5 Å². The summed E-state index contributed by atoms with van der Waals surface area (Å²) in [5, 5.41) is 62.7. The van der Waals surface area contributed by atoms with Gasteiger partial charge in [-0.25, -0.2) is 4.79 Å². The number of aliphatic carboxylic acids is 1. The smallest absolute Gasteiger partial charge is 0.364 e. The maximum atomic E-state index is 12.5. The minimum Gasteiger partial charge on any atom is -0.477 e. The fraction of sp³-hybridized carbons (Fsp3) is 0.559. The molecule has 1 aliphatic rings. The summed E-state index contributed by atoms with van der Waals surface area (Å²) in [6.07, 6.45) is -0.317. The van der Waals surface area contributed by atoms with Crippen LogP contribution in [-0.4, -0.2) is 126 Å². The zero-order valence-corrected chi connectivity index (χ0v) is 28.3. The van der Waals surface area contributed by atoms with Crippen molar-refractivity contribution < 1.29 is 54.1 Å². The molecule has 2 aromatic rings. The number of carboxylic acid groups (broad SMARTS) is 1. The summed E-state index contributed by atoms with van der Waals surface area (Å²) >= 11 is 0. The number of hydrogen-bond donors (Lipinski definition) is 9. The van der Waals surface area contributed by atoms with E-state index in [1.165, 1.54) is 7.11 Å². The van der Waals surface area contributed by atoms with Crippen molar-refractivity contribution in [2.24, 2.45) is 0 Å². The van der Waals surface area contributed by atoms with Crippen molar-refractivity contribution in [1.82, 2.24) is 10.6 Å². The minimum atomic E-state index is -2.48. The highest BCUT2D eigenvalue weighted by Gasteiger charge is 2.55. The largest absolute Gasteiger partial charge is 0.477 e. The molecule has 2 amide bonds. The molecule has 9 N–H and O–H groups in total. The zero-order chi connectivity index (χ0) is 37.6. The Labute approximate surface area is 294 Å². The fourth-order valence-corrected chi connectivity index (χ4v) is 5.51. The summed E-state index contributed by atoms with van der Waals surface area (Å²) < 4.78 is 16.3. The number of methoxy groups -OCH3 is 1. The highest BCUT2D eigenvalue weighted by Crippen LogP contribution is 2.34. The van der Waals surface area contributed by atoms with E-state index in [1.807, 2.05) is 0 Å². The van der Waals surface area contributed by atoms with E-state index in [1.54, 1.807) is 24.3 Å². The lowest BCUT2D eigenvalue weighted by atomic mass is 9.88. The second-order valence-electron chi connectivity index (χ2n) is 12.1. The molecule has 1 fully saturated rings. The number of rotatable bonds is 22. The first-order valence-corrected chi connectivity index (χ1v) is 16.5. The van der Waals surface area contributed by atoms with Gasteiger partial charge in [0, 0.05) is 38.7 Å². The number of carbonyl (C=O) groups excluding carboxylic acids is 2. The molecule has 17 heteroatoms. The highest BCUT2D eigenvalue weighted by atomic mass is 16.7. The van der Waals surface area contributed by atoms with Crippen molar-refractivity contribution >= 4 is 29.2 Å². The van der Waals surface area contributed by atoms with Gasteiger partial charge >= 0.3 is 5.97 Å². The number of unbranched alkanes of at least 4 members (excludes halogenated alkanes) is 3. The molecule has 2 aromatic carbocycles. The van der Waals surface area contributed by atoms with Crippen LogP contribution < -0.4 is 32.1 Å². The number of benzene rings is 1. The van der Waals surface area contributed by atoms with Crippen LogP contribution in [0.1, 0.15) is 43.2 Å². The number of hydrogen-bond acceptors (Lipinski definition) is 14. The Hall–Kier alpha value is -4.41. The van der Waals surface area contributed by atoms with Gasteiger partial charge in [0.15, 0.2) is 0 Å². The molecule has 1 heterocycles. The van der Waals surface area contributed by atoms with E-state index in [0.717, 1.165) is 0 Å². The molecule has 0 aromatic heterocycles. The Kier molecular flexibility index (Phi) is 16.0. The van der Waals surface area contributed by atoms with Crippen LogP contribution in [0.2, 0.25) is 0 Å². The Morgan fingerprint density at radius 2 is 1.65 bits per heavy atom. The number of terminal acetylenes is 1. The summed E-state index contributed by atoms with van der Waals surface area (Å²) in [6.45, 7) is -0.486. The van der Waals surface area contributed by atoms with E-state index >= 15 is 0 Å². The topological polar surface area (TPSA) is 262 Å². The maximum absolute atomic E-state index is 12.5. The lowest BCUT2D eigenvalue weighted by molar-refractivity contribution is -0.310. The molecule has 0 radical (unpaired) electrons. The molecule has 1 saturated heterocycles. The van der Waals surface area contributed by atoms with Crippen LogP contribution in [0.25, 0.3) is 0 Å². The standard InChI is InChI=1S/C34H46N4O13/c1-3-20-8-10-21(11-9-20)16-24(42)37-18-23(41)29(44)32-26(38-25(43)19-39)22(40)17-34(51-32,33(47)48)50-14-7-5-4-6-12-35-27-28(31(46)30(27)45)36-13-15-49-2/h1,8-11,22-23,26,29,32,35-36,39-41,44H,4-7,12-19H2,2H3,(H,37,42)(H,38,43)(H,47,48)/t22-,23+,26+,29+,32+,34+/m0/s1. The van der Waals surface area contributed by atoms with Gasteiger partial charge in [-0.2, -0.15) is 0 Å². The third-order valence-electron chi connectivity index (χ3n) is 8.32. The van der Waals surface area contributed by atoms with Gasteiger partial charge in [0.2, 0.25) is 11.8 Å². The first-order valence-electron chi connectivity index (χ1n) is 16.5.